The SMILES string of the molecule is CCCOc1cccc(OCCC)c1C=CC(=O)c1ccc(NC)cc1. The van der Waals surface area contributed by atoms with Crippen LogP contribution in [0.4, 0.5) is 5.69 Å². The Hall–Kier alpha value is -2.75. The second-order valence-corrected chi connectivity index (χ2v) is 5.89. The van der Waals surface area contributed by atoms with Crippen molar-refractivity contribution in [3.05, 3.63) is 59.7 Å². The van der Waals surface area contributed by atoms with E-state index in [-0.39, 0.29) is 5.78 Å². The molecule has 0 heterocycles. The molecule has 4 heteroatoms. The van der Waals surface area contributed by atoms with Crippen molar-refractivity contribution >= 4 is 17.5 Å². The van der Waals surface area contributed by atoms with E-state index in [9.17, 15) is 4.79 Å². The van der Waals surface area contributed by atoms with Gasteiger partial charge < -0.3 is 14.8 Å². The van der Waals surface area contributed by atoms with Gasteiger partial charge >= 0.3 is 0 Å². The van der Waals surface area contributed by atoms with Crippen molar-refractivity contribution in [1.29, 1.82) is 0 Å². The standard InChI is InChI=1S/C22H27NO3/c1-4-15-25-21-7-6-8-22(26-16-5-2)19(21)13-14-20(24)17-9-11-18(23-3)12-10-17/h6-14,23H,4-5,15-16H2,1-3H3. The summed E-state index contributed by atoms with van der Waals surface area (Å²) in [5.74, 6) is 1.41. The third kappa shape index (κ3) is 5.38. The Morgan fingerprint density at radius 3 is 2.04 bits per heavy atom. The van der Waals surface area contributed by atoms with E-state index < -0.39 is 0 Å². The summed E-state index contributed by atoms with van der Waals surface area (Å²) in [4.78, 5) is 12.5. The maximum absolute atomic E-state index is 12.5. The first-order valence-electron chi connectivity index (χ1n) is 9.08. The molecule has 2 aromatic rings. The molecular weight excluding hydrogens is 326 g/mol. The zero-order chi connectivity index (χ0) is 18.8. The van der Waals surface area contributed by atoms with Gasteiger partial charge in [0.05, 0.1) is 18.8 Å². The van der Waals surface area contributed by atoms with E-state index in [2.05, 4.69) is 19.2 Å². The van der Waals surface area contributed by atoms with E-state index in [4.69, 9.17) is 9.47 Å². The third-order valence-electron chi connectivity index (χ3n) is 3.81. The molecule has 0 bridgehead atoms. The van der Waals surface area contributed by atoms with Crippen molar-refractivity contribution in [2.24, 2.45) is 0 Å². The first-order chi connectivity index (χ1) is 12.7. The highest BCUT2D eigenvalue weighted by atomic mass is 16.5. The summed E-state index contributed by atoms with van der Waals surface area (Å²) in [7, 11) is 1.85. The van der Waals surface area contributed by atoms with E-state index in [1.165, 1.54) is 0 Å². The molecule has 0 aliphatic carbocycles. The fourth-order valence-corrected chi connectivity index (χ4v) is 2.42. The molecule has 0 aliphatic rings. The molecule has 2 aromatic carbocycles. The van der Waals surface area contributed by atoms with Crippen molar-refractivity contribution < 1.29 is 14.3 Å². The number of allylic oxidation sites excluding steroid dienone is 1. The van der Waals surface area contributed by atoms with Crippen LogP contribution < -0.4 is 14.8 Å². The molecule has 0 aromatic heterocycles. The van der Waals surface area contributed by atoms with Gasteiger partial charge in [0.2, 0.25) is 0 Å². The molecule has 0 radical (unpaired) electrons. The number of ketones is 1. The van der Waals surface area contributed by atoms with E-state index in [0.717, 1.165) is 35.6 Å². The first-order valence-corrected chi connectivity index (χ1v) is 9.08. The lowest BCUT2D eigenvalue weighted by molar-refractivity contribution is 0.104. The largest absolute Gasteiger partial charge is 0.493 e. The van der Waals surface area contributed by atoms with Gasteiger partial charge in [-0.2, -0.15) is 0 Å². The first kappa shape index (κ1) is 19.6. The van der Waals surface area contributed by atoms with Gasteiger partial charge in [-0.1, -0.05) is 19.9 Å². The Balaban J connectivity index is 2.25. The highest BCUT2D eigenvalue weighted by molar-refractivity contribution is 6.07. The summed E-state index contributed by atoms with van der Waals surface area (Å²) >= 11 is 0. The fourth-order valence-electron chi connectivity index (χ4n) is 2.42. The molecule has 1 N–H and O–H groups in total. The van der Waals surface area contributed by atoms with Crippen molar-refractivity contribution in [1.82, 2.24) is 0 Å². The van der Waals surface area contributed by atoms with Crippen LogP contribution in [0.1, 0.15) is 42.6 Å². The van der Waals surface area contributed by atoms with Crippen LogP contribution in [-0.2, 0) is 0 Å². The summed E-state index contributed by atoms with van der Waals surface area (Å²) in [6, 6.07) is 13.1. The number of anilines is 1. The maximum Gasteiger partial charge on any atom is 0.185 e. The Bertz CT molecular complexity index is 709. The number of ether oxygens (including phenoxy) is 2. The van der Waals surface area contributed by atoms with Crippen molar-refractivity contribution in [2.75, 3.05) is 25.6 Å². The average molecular weight is 353 g/mol. The quantitative estimate of drug-likeness (QED) is 0.471. The normalized spacial score (nSPS) is 10.7. The van der Waals surface area contributed by atoms with Gasteiger partial charge in [0.15, 0.2) is 5.78 Å². The number of nitrogens with one attached hydrogen (secondary N) is 1. The minimum atomic E-state index is -0.0561. The van der Waals surface area contributed by atoms with Crippen LogP contribution in [0.2, 0.25) is 0 Å². The summed E-state index contributed by atoms with van der Waals surface area (Å²) < 4.78 is 11.6. The van der Waals surface area contributed by atoms with Crippen LogP contribution in [0.15, 0.2) is 48.5 Å². The van der Waals surface area contributed by atoms with Crippen LogP contribution in [-0.4, -0.2) is 26.0 Å². The average Bonchev–Trinajstić information content (AvgIpc) is 2.69. The topological polar surface area (TPSA) is 47.6 Å². The molecule has 2 rings (SSSR count). The molecule has 138 valence electrons. The van der Waals surface area contributed by atoms with Crippen molar-refractivity contribution in [2.45, 2.75) is 26.7 Å². The van der Waals surface area contributed by atoms with Gasteiger partial charge in [-0.05, 0) is 61.4 Å². The molecule has 0 saturated carbocycles. The minimum absolute atomic E-state index is 0.0561. The van der Waals surface area contributed by atoms with E-state index in [1.54, 1.807) is 12.2 Å². The molecule has 0 fully saturated rings. The van der Waals surface area contributed by atoms with Gasteiger partial charge in [-0.25, -0.2) is 0 Å². The highest BCUT2D eigenvalue weighted by Gasteiger charge is 2.09. The lowest BCUT2D eigenvalue weighted by atomic mass is 10.1. The minimum Gasteiger partial charge on any atom is -0.493 e. The van der Waals surface area contributed by atoms with Crippen LogP contribution >= 0.6 is 0 Å². The third-order valence-corrected chi connectivity index (χ3v) is 3.81. The van der Waals surface area contributed by atoms with Crippen LogP contribution in [0.3, 0.4) is 0 Å². The van der Waals surface area contributed by atoms with E-state index in [1.807, 2.05) is 49.5 Å². The van der Waals surface area contributed by atoms with E-state index >= 15 is 0 Å². The van der Waals surface area contributed by atoms with Crippen molar-refractivity contribution in [3.63, 3.8) is 0 Å². The molecular formula is C22H27NO3. The zero-order valence-electron chi connectivity index (χ0n) is 15.7. The number of carbonyl (C=O) groups is 1. The van der Waals surface area contributed by atoms with Crippen LogP contribution in [0.25, 0.3) is 6.08 Å². The Labute approximate surface area is 155 Å². The monoisotopic (exact) mass is 353 g/mol. The lowest BCUT2D eigenvalue weighted by Gasteiger charge is -2.13. The Morgan fingerprint density at radius 1 is 0.962 bits per heavy atom. The van der Waals surface area contributed by atoms with Crippen molar-refractivity contribution in [3.8, 4) is 11.5 Å². The molecule has 0 atom stereocenters. The van der Waals surface area contributed by atoms with Gasteiger partial charge in [0, 0.05) is 18.3 Å². The molecule has 0 amide bonds. The number of benzene rings is 2. The smallest absolute Gasteiger partial charge is 0.185 e. The second-order valence-electron chi connectivity index (χ2n) is 5.89. The summed E-state index contributed by atoms with van der Waals surface area (Å²) in [6.07, 6.45) is 5.19. The maximum atomic E-state index is 12.5. The van der Waals surface area contributed by atoms with Crippen LogP contribution in [0, 0.1) is 0 Å². The van der Waals surface area contributed by atoms with Gasteiger partial charge in [-0.15, -0.1) is 0 Å². The molecule has 26 heavy (non-hydrogen) atoms. The molecule has 0 aliphatic heterocycles. The number of carbonyl (C=O) groups excluding carboxylic acids is 1. The Morgan fingerprint density at radius 2 is 1.54 bits per heavy atom. The number of hydrogen-bond acceptors (Lipinski definition) is 4. The second kappa shape index (κ2) is 10.3. The fraction of sp³-hybridized carbons (Fsp3) is 0.318. The van der Waals surface area contributed by atoms with Gasteiger partial charge in [0.25, 0.3) is 0 Å². The van der Waals surface area contributed by atoms with Crippen LogP contribution in [0.5, 0.6) is 11.5 Å². The Kier molecular flexibility index (Phi) is 7.75. The number of rotatable bonds is 10. The van der Waals surface area contributed by atoms with Gasteiger partial charge in [0.1, 0.15) is 11.5 Å². The highest BCUT2D eigenvalue weighted by Crippen LogP contribution is 2.30. The zero-order valence-corrected chi connectivity index (χ0v) is 15.7. The molecule has 4 nitrogen and oxygen atoms in total. The molecule has 0 unspecified atom stereocenters. The molecule has 0 spiro atoms. The lowest BCUT2D eigenvalue weighted by Crippen LogP contribution is -2.02. The predicted molar refractivity (Wildman–Crippen MR) is 107 cm³/mol. The van der Waals surface area contributed by atoms with E-state index in [0.29, 0.717) is 18.8 Å². The molecule has 0 saturated heterocycles. The number of hydrogen-bond donors (Lipinski definition) is 1. The predicted octanol–water partition coefficient (Wildman–Crippen LogP) is 5.20. The summed E-state index contributed by atoms with van der Waals surface area (Å²) in [5.41, 5.74) is 2.41. The summed E-state index contributed by atoms with van der Waals surface area (Å²) in [6.45, 7) is 5.37. The summed E-state index contributed by atoms with van der Waals surface area (Å²) in [5, 5.41) is 3.04. The van der Waals surface area contributed by atoms with Gasteiger partial charge in [-0.3, -0.25) is 4.79 Å².